The molecule has 0 saturated carbocycles. The van der Waals surface area contributed by atoms with E-state index < -0.39 is 0 Å². The number of nitrogens with one attached hydrogen (secondary N) is 2. The van der Waals surface area contributed by atoms with E-state index in [2.05, 4.69) is 15.6 Å². The maximum Gasteiger partial charge on any atom is 0.195 e. The van der Waals surface area contributed by atoms with Gasteiger partial charge < -0.3 is 20.1 Å². The molecule has 0 unspecified atom stereocenters. The minimum atomic E-state index is -0.219. The van der Waals surface area contributed by atoms with E-state index in [1.54, 1.807) is 12.1 Å². The topological polar surface area (TPSA) is 54.9 Å². The predicted octanol–water partition coefficient (Wildman–Crippen LogP) is 3.61. The highest BCUT2D eigenvalue weighted by atomic mass is 19.1. The lowest BCUT2D eigenvalue weighted by Gasteiger charge is -2.13. The summed E-state index contributed by atoms with van der Waals surface area (Å²) in [5.41, 5.74) is 1.81. The van der Waals surface area contributed by atoms with Gasteiger partial charge in [-0.15, -0.1) is 0 Å². The Morgan fingerprint density at radius 2 is 1.96 bits per heavy atom. The van der Waals surface area contributed by atoms with Gasteiger partial charge in [0.2, 0.25) is 0 Å². The van der Waals surface area contributed by atoms with Crippen LogP contribution in [0.15, 0.2) is 47.5 Å². The molecule has 0 atom stereocenters. The number of aliphatic imine (C=N–C) groups is 1. The molecule has 0 aromatic heterocycles. The van der Waals surface area contributed by atoms with Gasteiger partial charge in [0.15, 0.2) is 17.5 Å². The van der Waals surface area contributed by atoms with Crippen LogP contribution >= 0.6 is 0 Å². The highest BCUT2D eigenvalue weighted by Gasteiger charge is 2.11. The van der Waals surface area contributed by atoms with Crippen LogP contribution in [-0.2, 0) is 6.42 Å². The molecule has 0 radical (unpaired) electrons. The first-order chi connectivity index (χ1) is 12.7. The number of benzene rings is 2. The molecule has 2 aromatic carbocycles. The summed E-state index contributed by atoms with van der Waals surface area (Å²) >= 11 is 0. The largest absolute Gasteiger partial charge is 0.490 e. The molecule has 138 valence electrons. The van der Waals surface area contributed by atoms with Crippen LogP contribution in [0, 0.1) is 5.82 Å². The zero-order chi connectivity index (χ0) is 18.2. The second-order valence-electron chi connectivity index (χ2n) is 5.98. The van der Waals surface area contributed by atoms with Crippen molar-refractivity contribution in [3.63, 3.8) is 0 Å². The first kappa shape index (κ1) is 18.0. The van der Waals surface area contributed by atoms with Gasteiger partial charge in [0.1, 0.15) is 5.82 Å². The number of fused-ring (bicyclic) bond motifs is 1. The van der Waals surface area contributed by atoms with Gasteiger partial charge in [0.25, 0.3) is 0 Å². The highest BCUT2D eigenvalue weighted by molar-refractivity contribution is 5.93. The molecule has 26 heavy (non-hydrogen) atoms. The van der Waals surface area contributed by atoms with Crippen molar-refractivity contribution in [3.8, 4) is 11.5 Å². The van der Waals surface area contributed by atoms with Gasteiger partial charge in [-0.1, -0.05) is 12.1 Å². The molecule has 0 spiro atoms. The van der Waals surface area contributed by atoms with Gasteiger partial charge >= 0.3 is 0 Å². The third-order valence-corrected chi connectivity index (χ3v) is 3.91. The fraction of sp³-hybridized carbons (Fsp3) is 0.350. The maximum atomic E-state index is 13.2. The minimum Gasteiger partial charge on any atom is -0.490 e. The second kappa shape index (κ2) is 9.08. The molecule has 1 aliphatic rings. The third kappa shape index (κ3) is 5.12. The van der Waals surface area contributed by atoms with E-state index >= 15 is 0 Å². The van der Waals surface area contributed by atoms with Crippen LogP contribution in [-0.4, -0.2) is 32.3 Å². The summed E-state index contributed by atoms with van der Waals surface area (Å²) in [4.78, 5) is 4.56. The van der Waals surface area contributed by atoms with E-state index in [4.69, 9.17) is 9.47 Å². The van der Waals surface area contributed by atoms with Crippen LogP contribution in [0.2, 0.25) is 0 Å². The molecule has 2 aromatic rings. The third-order valence-electron chi connectivity index (χ3n) is 3.91. The SMILES string of the molecule is CCNC(=NCCc1cccc(F)c1)Nc1ccc2c(c1)OCCCO2. The Morgan fingerprint density at radius 1 is 1.12 bits per heavy atom. The summed E-state index contributed by atoms with van der Waals surface area (Å²) in [6, 6.07) is 12.4. The van der Waals surface area contributed by atoms with Crippen molar-refractivity contribution in [2.24, 2.45) is 4.99 Å². The van der Waals surface area contributed by atoms with Crippen molar-refractivity contribution in [2.75, 3.05) is 31.6 Å². The van der Waals surface area contributed by atoms with Crippen molar-refractivity contribution < 1.29 is 13.9 Å². The van der Waals surface area contributed by atoms with E-state index in [-0.39, 0.29) is 5.82 Å². The van der Waals surface area contributed by atoms with Crippen LogP contribution in [0.1, 0.15) is 18.9 Å². The number of rotatable bonds is 5. The summed E-state index contributed by atoms with van der Waals surface area (Å²) < 4.78 is 24.6. The number of hydrogen-bond donors (Lipinski definition) is 2. The molecule has 6 heteroatoms. The zero-order valence-corrected chi connectivity index (χ0v) is 14.9. The van der Waals surface area contributed by atoms with Crippen molar-refractivity contribution in [3.05, 3.63) is 53.8 Å². The molecule has 5 nitrogen and oxygen atoms in total. The van der Waals surface area contributed by atoms with Gasteiger partial charge in [-0.3, -0.25) is 4.99 Å². The lowest BCUT2D eigenvalue weighted by atomic mass is 10.1. The van der Waals surface area contributed by atoms with Gasteiger partial charge in [0.05, 0.1) is 13.2 Å². The Balaban J connectivity index is 1.65. The van der Waals surface area contributed by atoms with Gasteiger partial charge in [-0.05, 0) is 43.2 Å². The number of guanidine groups is 1. The van der Waals surface area contributed by atoms with Crippen LogP contribution in [0.4, 0.5) is 10.1 Å². The number of halogens is 1. The molecule has 2 N–H and O–H groups in total. The number of hydrogen-bond acceptors (Lipinski definition) is 3. The number of anilines is 1. The lowest BCUT2D eigenvalue weighted by molar-refractivity contribution is 0.297. The van der Waals surface area contributed by atoms with Crippen molar-refractivity contribution in [1.82, 2.24) is 5.32 Å². The fourth-order valence-electron chi connectivity index (χ4n) is 2.67. The molecule has 1 heterocycles. The normalized spacial score (nSPS) is 13.8. The molecule has 0 aliphatic carbocycles. The Kier molecular flexibility index (Phi) is 6.30. The summed E-state index contributed by atoms with van der Waals surface area (Å²) in [5, 5.41) is 6.49. The van der Waals surface area contributed by atoms with E-state index in [9.17, 15) is 4.39 Å². The minimum absolute atomic E-state index is 0.219. The molecule has 0 bridgehead atoms. The van der Waals surface area contributed by atoms with E-state index in [0.717, 1.165) is 35.7 Å². The van der Waals surface area contributed by atoms with E-state index in [1.807, 2.05) is 31.2 Å². The average Bonchev–Trinajstić information content (AvgIpc) is 2.87. The maximum absolute atomic E-state index is 13.2. The van der Waals surface area contributed by atoms with Crippen LogP contribution < -0.4 is 20.1 Å². The average molecular weight is 357 g/mol. The van der Waals surface area contributed by atoms with E-state index in [1.165, 1.54) is 6.07 Å². The molecule has 0 amide bonds. The first-order valence-corrected chi connectivity index (χ1v) is 8.94. The van der Waals surface area contributed by atoms with Gasteiger partial charge in [0, 0.05) is 31.3 Å². The quantitative estimate of drug-likeness (QED) is 0.634. The molecule has 3 rings (SSSR count). The highest BCUT2D eigenvalue weighted by Crippen LogP contribution is 2.32. The summed E-state index contributed by atoms with van der Waals surface area (Å²) in [7, 11) is 0. The predicted molar refractivity (Wildman–Crippen MR) is 102 cm³/mol. The Hall–Kier alpha value is -2.76. The van der Waals surface area contributed by atoms with Gasteiger partial charge in [-0.25, -0.2) is 4.39 Å². The van der Waals surface area contributed by atoms with Crippen LogP contribution in [0.25, 0.3) is 0 Å². The molecule has 0 fully saturated rings. The number of nitrogens with zero attached hydrogens (tertiary/aromatic N) is 1. The molecule has 0 saturated heterocycles. The Bertz CT molecular complexity index is 764. The lowest BCUT2D eigenvalue weighted by Crippen LogP contribution is -2.30. The van der Waals surface area contributed by atoms with Crippen molar-refractivity contribution in [1.29, 1.82) is 0 Å². The summed E-state index contributed by atoms with van der Waals surface area (Å²) in [6.45, 7) is 4.64. The van der Waals surface area contributed by atoms with Gasteiger partial charge in [-0.2, -0.15) is 0 Å². The van der Waals surface area contributed by atoms with E-state index in [0.29, 0.717) is 32.1 Å². The Morgan fingerprint density at radius 3 is 2.77 bits per heavy atom. The van der Waals surface area contributed by atoms with Crippen molar-refractivity contribution in [2.45, 2.75) is 19.8 Å². The summed E-state index contributed by atoms with van der Waals surface area (Å²) in [6.07, 6.45) is 1.55. The smallest absolute Gasteiger partial charge is 0.195 e. The molecular formula is C20H24FN3O2. The molecule has 1 aliphatic heterocycles. The van der Waals surface area contributed by atoms with Crippen molar-refractivity contribution >= 4 is 11.6 Å². The fourth-order valence-corrected chi connectivity index (χ4v) is 2.67. The molecular weight excluding hydrogens is 333 g/mol. The zero-order valence-electron chi connectivity index (χ0n) is 14.9. The summed E-state index contributed by atoms with van der Waals surface area (Å²) in [5.74, 6) is 1.96. The van der Waals surface area contributed by atoms with Crippen LogP contribution in [0.3, 0.4) is 0 Å². The van der Waals surface area contributed by atoms with Crippen LogP contribution in [0.5, 0.6) is 11.5 Å². The monoisotopic (exact) mass is 357 g/mol. The standard InChI is InChI=1S/C20H24FN3O2/c1-2-22-20(23-10-9-15-5-3-6-16(21)13-15)24-17-7-8-18-19(14-17)26-12-4-11-25-18/h3,5-8,13-14H,2,4,9-12H2,1H3,(H2,22,23,24). The Labute approximate surface area is 153 Å². The number of ether oxygens (including phenoxy) is 2. The first-order valence-electron chi connectivity index (χ1n) is 8.94. The second-order valence-corrected chi connectivity index (χ2v) is 5.98.